The zero-order valence-corrected chi connectivity index (χ0v) is 8.69. The SMILES string of the molecule is OCc1ccc(CN2CCC(F)C2)cc1. The number of likely N-dealkylation sites (tertiary alicyclic amines) is 1. The monoisotopic (exact) mass is 209 g/mol. The summed E-state index contributed by atoms with van der Waals surface area (Å²) in [4.78, 5) is 2.12. The third kappa shape index (κ3) is 2.76. The number of rotatable bonds is 3. The number of aliphatic hydroxyl groups excluding tert-OH is 1. The van der Waals surface area contributed by atoms with Crippen LogP contribution in [-0.2, 0) is 13.2 Å². The molecule has 1 aromatic rings. The molecule has 0 amide bonds. The molecule has 2 nitrogen and oxygen atoms in total. The Hall–Kier alpha value is -0.930. The summed E-state index contributed by atoms with van der Waals surface area (Å²) in [6.07, 6.45) is 0.0102. The first-order chi connectivity index (χ1) is 7.28. The molecule has 0 bridgehead atoms. The fourth-order valence-electron chi connectivity index (χ4n) is 1.94. The van der Waals surface area contributed by atoms with Crippen molar-refractivity contribution in [1.29, 1.82) is 0 Å². The maximum Gasteiger partial charge on any atom is 0.114 e. The van der Waals surface area contributed by atoms with Crippen molar-refractivity contribution in [2.75, 3.05) is 13.1 Å². The minimum atomic E-state index is -0.651. The Morgan fingerprint density at radius 1 is 1.27 bits per heavy atom. The van der Waals surface area contributed by atoms with Crippen molar-refractivity contribution < 1.29 is 9.50 Å². The summed E-state index contributed by atoms with van der Waals surface area (Å²) in [5, 5.41) is 8.89. The lowest BCUT2D eigenvalue weighted by Gasteiger charge is -2.14. The summed E-state index contributed by atoms with van der Waals surface area (Å²) in [5.41, 5.74) is 2.10. The molecule has 1 aliphatic heterocycles. The Morgan fingerprint density at radius 2 is 1.93 bits per heavy atom. The van der Waals surface area contributed by atoms with Crippen molar-refractivity contribution in [3.8, 4) is 0 Å². The maximum atomic E-state index is 12.9. The maximum absolute atomic E-state index is 12.9. The second-order valence-electron chi connectivity index (χ2n) is 4.10. The molecular formula is C12H16FNO. The quantitative estimate of drug-likeness (QED) is 0.819. The molecule has 2 rings (SSSR count). The first kappa shape index (κ1) is 10.6. The van der Waals surface area contributed by atoms with Crippen LogP contribution in [0.5, 0.6) is 0 Å². The summed E-state index contributed by atoms with van der Waals surface area (Å²) in [6, 6.07) is 7.82. The van der Waals surface area contributed by atoms with Gasteiger partial charge >= 0.3 is 0 Å². The van der Waals surface area contributed by atoms with Gasteiger partial charge < -0.3 is 5.11 Å². The molecule has 1 unspecified atom stereocenters. The van der Waals surface area contributed by atoms with E-state index in [9.17, 15) is 4.39 Å². The summed E-state index contributed by atoms with van der Waals surface area (Å²) in [7, 11) is 0. The van der Waals surface area contributed by atoms with Gasteiger partial charge in [-0.25, -0.2) is 4.39 Å². The minimum Gasteiger partial charge on any atom is -0.392 e. The van der Waals surface area contributed by atoms with E-state index in [1.165, 1.54) is 5.56 Å². The van der Waals surface area contributed by atoms with Crippen LogP contribution in [0.25, 0.3) is 0 Å². The van der Waals surface area contributed by atoms with E-state index in [1.807, 2.05) is 24.3 Å². The molecule has 15 heavy (non-hydrogen) atoms. The molecule has 0 radical (unpaired) electrons. The molecule has 1 heterocycles. The Bertz CT molecular complexity index is 312. The molecule has 1 aromatic carbocycles. The first-order valence-electron chi connectivity index (χ1n) is 5.33. The summed E-state index contributed by atoms with van der Waals surface area (Å²) < 4.78 is 12.9. The van der Waals surface area contributed by atoms with Gasteiger partial charge in [0.15, 0.2) is 0 Å². The number of hydrogen-bond acceptors (Lipinski definition) is 2. The van der Waals surface area contributed by atoms with E-state index in [-0.39, 0.29) is 6.61 Å². The van der Waals surface area contributed by atoms with Gasteiger partial charge in [0.05, 0.1) is 6.61 Å². The molecule has 1 aliphatic rings. The van der Waals surface area contributed by atoms with Crippen molar-refractivity contribution in [2.45, 2.75) is 25.7 Å². The van der Waals surface area contributed by atoms with E-state index in [0.29, 0.717) is 13.0 Å². The standard InChI is InChI=1S/C12H16FNO/c13-12-5-6-14(8-12)7-10-1-3-11(9-15)4-2-10/h1-4,12,15H,5-9H2. The Morgan fingerprint density at radius 3 is 2.47 bits per heavy atom. The van der Waals surface area contributed by atoms with Crippen LogP contribution in [0.3, 0.4) is 0 Å². The number of alkyl halides is 1. The summed E-state index contributed by atoms with van der Waals surface area (Å²) in [6.45, 7) is 2.30. The molecule has 1 saturated heterocycles. The number of nitrogens with zero attached hydrogens (tertiary/aromatic N) is 1. The van der Waals surface area contributed by atoms with Crippen molar-refractivity contribution >= 4 is 0 Å². The normalized spacial score (nSPS) is 22.1. The van der Waals surface area contributed by atoms with Crippen LogP contribution < -0.4 is 0 Å². The first-order valence-corrected chi connectivity index (χ1v) is 5.33. The number of halogens is 1. The fourth-order valence-corrected chi connectivity index (χ4v) is 1.94. The molecule has 82 valence electrons. The predicted molar refractivity (Wildman–Crippen MR) is 57.2 cm³/mol. The van der Waals surface area contributed by atoms with E-state index in [2.05, 4.69) is 4.90 Å². The largest absolute Gasteiger partial charge is 0.392 e. The molecule has 1 N–H and O–H groups in total. The summed E-state index contributed by atoms with van der Waals surface area (Å²) in [5.74, 6) is 0. The average Bonchev–Trinajstić information content (AvgIpc) is 2.65. The zero-order chi connectivity index (χ0) is 10.7. The highest BCUT2D eigenvalue weighted by Crippen LogP contribution is 2.15. The Labute approximate surface area is 89.3 Å². The molecule has 0 aliphatic carbocycles. The molecule has 1 fully saturated rings. The van der Waals surface area contributed by atoms with E-state index in [0.717, 1.165) is 18.7 Å². The van der Waals surface area contributed by atoms with Gasteiger partial charge in [0, 0.05) is 19.6 Å². The highest BCUT2D eigenvalue weighted by Gasteiger charge is 2.21. The van der Waals surface area contributed by atoms with Crippen LogP contribution in [0.2, 0.25) is 0 Å². The topological polar surface area (TPSA) is 23.5 Å². The smallest absolute Gasteiger partial charge is 0.114 e. The average molecular weight is 209 g/mol. The van der Waals surface area contributed by atoms with Crippen molar-refractivity contribution in [3.63, 3.8) is 0 Å². The molecular weight excluding hydrogens is 193 g/mol. The molecule has 0 aromatic heterocycles. The Kier molecular flexibility index (Phi) is 3.34. The number of aliphatic hydroxyl groups is 1. The lowest BCUT2D eigenvalue weighted by Crippen LogP contribution is -2.20. The third-order valence-electron chi connectivity index (χ3n) is 2.83. The minimum absolute atomic E-state index is 0.0799. The van der Waals surface area contributed by atoms with E-state index in [4.69, 9.17) is 5.11 Å². The fraction of sp³-hybridized carbons (Fsp3) is 0.500. The highest BCUT2D eigenvalue weighted by atomic mass is 19.1. The van der Waals surface area contributed by atoms with Gasteiger partial charge in [-0.05, 0) is 17.5 Å². The van der Waals surface area contributed by atoms with Crippen molar-refractivity contribution in [2.24, 2.45) is 0 Å². The molecule has 0 spiro atoms. The van der Waals surface area contributed by atoms with Gasteiger partial charge in [-0.3, -0.25) is 4.90 Å². The second kappa shape index (κ2) is 4.73. The van der Waals surface area contributed by atoms with Crippen LogP contribution in [0, 0.1) is 0 Å². The second-order valence-corrected chi connectivity index (χ2v) is 4.10. The van der Waals surface area contributed by atoms with Gasteiger partial charge in [0.25, 0.3) is 0 Å². The lowest BCUT2D eigenvalue weighted by molar-refractivity contribution is 0.280. The molecule has 1 atom stereocenters. The van der Waals surface area contributed by atoms with E-state index < -0.39 is 6.17 Å². The van der Waals surface area contributed by atoms with Gasteiger partial charge in [-0.15, -0.1) is 0 Å². The zero-order valence-electron chi connectivity index (χ0n) is 8.69. The van der Waals surface area contributed by atoms with Gasteiger partial charge in [0.1, 0.15) is 6.17 Å². The molecule has 0 saturated carbocycles. The third-order valence-corrected chi connectivity index (χ3v) is 2.83. The van der Waals surface area contributed by atoms with E-state index in [1.54, 1.807) is 0 Å². The van der Waals surface area contributed by atoms with E-state index >= 15 is 0 Å². The number of benzene rings is 1. The van der Waals surface area contributed by atoms with Crippen LogP contribution in [-0.4, -0.2) is 29.3 Å². The highest BCUT2D eigenvalue weighted by molar-refractivity contribution is 5.21. The Balaban J connectivity index is 1.93. The number of hydrogen-bond donors (Lipinski definition) is 1. The summed E-state index contributed by atoms with van der Waals surface area (Å²) >= 11 is 0. The van der Waals surface area contributed by atoms with Crippen LogP contribution in [0.15, 0.2) is 24.3 Å². The van der Waals surface area contributed by atoms with Crippen LogP contribution in [0.1, 0.15) is 17.5 Å². The lowest BCUT2D eigenvalue weighted by atomic mass is 10.1. The molecule has 3 heteroatoms. The van der Waals surface area contributed by atoms with Crippen LogP contribution >= 0.6 is 0 Å². The van der Waals surface area contributed by atoms with Crippen LogP contribution in [0.4, 0.5) is 4.39 Å². The van der Waals surface area contributed by atoms with Crippen molar-refractivity contribution in [3.05, 3.63) is 35.4 Å². The van der Waals surface area contributed by atoms with Gasteiger partial charge in [-0.1, -0.05) is 24.3 Å². The predicted octanol–water partition coefficient (Wildman–Crippen LogP) is 1.72. The van der Waals surface area contributed by atoms with Gasteiger partial charge in [-0.2, -0.15) is 0 Å². The van der Waals surface area contributed by atoms with Crippen molar-refractivity contribution in [1.82, 2.24) is 4.90 Å². The van der Waals surface area contributed by atoms with Gasteiger partial charge in [0.2, 0.25) is 0 Å².